The van der Waals surface area contributed by atoms with Crippen LogP contribution in [-0.2, 0) is 13.7 Å². The number of rotatable bonds is 4. The molecule has 19 heavy (non-hydrogen) atoms. The van der Waals surface area contributed by atoms with Gasteiger partial charge in [-0.2, -0.15) is 5.10 Å². The molecule has 0 bridgehead atoms. The Balaban J connectivity index is 2.19. The maximum atomic E-state index is 6.19. The highest BCUT2D eigenvalue weighted by molar-refractivity contribution is 6.30. The van der Waals surface area contributed by atoms with E-state index in [0.29, 0.717) is 11.8 Å². The smallest absolute Gasteiger partial charge is 0.133 e. The lowest BCUT2D eigenvalue weighted by atomic mass is 10.2. The van der Waals surface area contributed by atoms with Gasteiger partial charge in [0, 0.05) is 18.2 Å². The van der Waals surface area contributed by atoms with Crippen LogP contribution in [0.5, 0.6) is 5.75 Å². The van der Waals surface area contributed by atoms with E-state index in [4.69, 9.17) is 16.3 Å². The fourth-order valence-corrected chi connectivity index (χ4v) is 2.15. The third kappa shape index (κ3) is 2.99. The number of halogens is 1. The second-order valence-electron chi connectivity index (χ2n) is 4.30. The minimum absolute atomic E-state index is 0.424. The van der Waals surface area contributed by atoms with E-state index in [2.05, 4.69) is 5.10 Å². The maximum Gasteiger partial charge on any atom is 0.133 e. The summed E-state index contributed by atoms with van der Waals surface area (Å²) in [4.78, 5) is 0. The normalized spacial score (nSPS) is 11.2. The van der Waals surface area contributed by atoms with Crippen molar-refractivity contribution in [3.05, 3.63) is 52.3 Å². The number of nitrogens with zero attached hydrogens (tertiary/aromatic N) is 2. The van der Waals surface area contributed by atoms with Gasteiger partial charge in [0.05, 0.1) is 5.69 Å². The zero-order valence-corrected chi connectivity index (χ0v) is 12.1. The van der Waals surface area contributed by atoms with Crippen LogP contribution in [0.4, 0.5) is 0 Å². The molecule has 0 aliphatic carbocycles. The molecular formula is C15H17ClN2O. The van der Waals surface area contributed by atoms with E-state index in [1.165, 1.54) is 0 Å². The van der Waals surface area contributed by atoms with Crippen LogP contribution in [0, 0.1) is 6.92 Å². The Morgan fingerprint density at radius 3 is 2.74 bits per heavy atom. The van der Waals surface area contributed by atoms with Gasteiger partial charge in [-0.25, -0.2) is 0 Å². The van der Waals surface area contributed by atoms with Crippen molar-refractivity contribution in [1.29, 1.82) is 0 Å². The highest BCUT2D eigenvalue weighted by atomic mass is 35.5. The zero-order valence-electron chi connectivity index (χ0n) is 11.4. The Morgan fingerprint density at radius 2 is 2.11 bits per heavy atom. The molecule has 0 unspecified atom stereocenters. The molecule has 0 fully saturated rings. The largest absolute Gasteiger partial charge is 0.488 e. The van der Waals surface area contributed by atoms with Gasteiger partial charge in [0.1, 0.15) is 17.5 Å². The fourth-order valence-electron chi connectivity index (χ4n) is 1.92. The van der Waals surface area contributed by atoms with Gasteiger partial charge in [-0.3, -0.25) is 4.68 Å². The van der Waals surface area contributed by atoms with Crippen LogP contribution in [0.15, 0.2) is 30.3 Å². The Kier molecular flexibility index (Phi) is 4.27. The summed E-state index contributed by atoms with van der Waals surface area (Å²) >= 11 is 6.19. The van der Waals surface area contributed by atoms with Gasteiger partial charge in [-0.15, -0.1) is 0 Å². The van der Waals surface area contributed by atoms with E-state index < -0.39 is 0 Å². The summed E-state index contributed by atoms with van der Waals surface area (Å²) in [5, 5.41) is 4.90. The average molecular weight is 277 g/mol. The topological polar surface area (TPSA) is 27.1 Å². The van der Waals surface area contributed by atoms with E-state index in [0.717, 1.165) is 22.6 Å². The first-order chi connectivity index (χ1) is 9.13. The first-order valence-electron chi connectivity index (χ1n) is 6.16. The van der Waals surface area contributed by atoms with Gasteiger partial charge in [0.25, 0.3) is 0 Å². The molecule has 0 N–H and O–H groups in total. The standard InChI is InChI=1S/C15H17ClN2O/c1-4-7-12-8-5-6-9-14(12)19-10-13-11(2)17-18(3)15(13)16/h4-9H,10H2,1-3H3/b7-4+. The third-order valence-corrected chi connectivity index (χ3v) is 3.38. The van der Waals surface area contributed by atoms with Crippen molar-refractivity contribution in [2.24, 2.45) is 7.05 Å². The van der Waals surface area contributed by atoms with Gasteiger partial charge in [-0.1, -0.05) is 42.0 Å². The molecule has 1 aromatic heterocycles. The van der Waals surface area contributed by atoms with Crippen molar-refractivity contribution in [1.82, 2.24) is 9.78 Å². The van der Waals surface area contributed by atoms with Gasteiger partial charge >= 0.3 is 0 Å². The molecule has 1 aromatic carbocycles. The molecule has 1 heterocycles. The molecule has 0 radical (unpaired) electrons. The summed E-state index contributed by atoms with van der Waals surface area (Å²) in [6.07, 6.45) is 4.01. The second kappa shape index (κ2) is 5.93. The summed E-state index contributed by atoms with van der Waals surface area (Å²) in [5.41, 5.74) is 2.89. The van der Waals surface area contributed by atoms with Gasteiger partial charge in [0.15, 0.2) is 0 Å². The Morgan fingerprint density at radius 1 is 1.37 bits per heavy atom. The highest BCUT2D eigenvalue weighted by Gasteiger charge is 2.12. The van der Waals surface area contributed by atoms with Crippen molar-refractivity contribution < 1.29 is 4.74 Å². The summed E-state index contributed by atoms with van der Waals surface area (Å²) < 4.78 is 7.52. The average Bonchev–Trinajstić information content (AvgIpc) is 2.63. The number of benzene rings is 1. The van der Waals surface area contributed by atoms with Gasteiger partial charge < -0.3 is 4.74 Å². The van der Waals surface area contributed by atoms with Crippen molar-refractivity contribution in [3.8, 4) is 5.75 Å². The van der Waals surface area contributed by atoms with E-state index >= 15 is 0 Å². The van der Waals surface area contributed by atoms with Crippen LogP contribution in [0.1, 0.15) is 23.7 Å². The quantitative estimate of drug-likeness (QED) is 0.844. The molecular weight excluding hydrogens is 260 g/mol. The van der Waals surface area contributed by atoms with Gasteiger partial charge in [0.2, 0.25) is 0 Å². The van der Waals surface area contributed by atoms with E-state index in [-0.39, 0.29) is 0 Å². The first kappa shape index (κ1) is 13.7. The molecule has 4 heteroatoms. The van der Waals surface area contributed by atoms with E-state index in [1.54, 1.807) is 4.68 Å². The first-order valence-corrected chi connectivity index (χ1v) is 6.53. The molecule has 0 aliphatic heterocycles. The number of hydrogen-bond acceptors (Lipinski definition) is 2. The minimum Gasteiger partial charge on any atom is -0.488 e. The minimum atomic E-state index is 0.424. The van der Waals surface area contributed by atoms with Crippen LogP contribution in [0.3, 0.4) is 0 Å². The number of para-hydroxylation sites is 1. The predicted octanol–water partition coefficient (Wildman–Crippen LogP) is 3.99. The third-order valence-electron chi connectivity index (χ3n) is 2.91. The van der Waals surface area contributed by atoms with Crippen molar-refractivity contribution in [2.45, 2.75) is 20.5 Å². The highest BCUT2D eigenvalue weighted by Crippen LogP contribution is 2.24. The number of allylic oxidation sites excluding steroid dienone is 1. The summed E-state index contributed by atoms with van der Waals surface area (Å²) in [7, 11) is 1.83. The molecule has 0 aliphatic rings. The molecule has 2 rings (SSSR count). The second-order valence-corrected chi connectivity index (χ2v) is 4.66. The summed E-state index contributed by atoms with van der Waals surface area (Å²) in [5.74, 6) is 0.847. The van der Waals surface area contributed by atoms with Crippen LogP contribution >= 0.6 is 11.6 Å². The van der Waals surface area contributed by atoms with Gasteiger partial charge in [-0.05, 0) is 19.9 Å². The van der Waals surface area contributed by atoms with Crippen molar-refractivity contribution >= 4 is 17.7 Å². The Labute approximate surface area is 118 Å². The number of aromatic nitrogens is 2. The Hall–Kier alpha value is -1.74. The van der Waals surface area contributed by atoms with Crippen molar-refractivity contribution in [3.63, 3.8) is 0 Å². The number of hydrogen-bond donors (Lipinski definition) is 0. The molecule has 0 spiro atoms. The van der Waals surface area contributed by atoms with Crippen LogP contribution in [0.2, 0.25) is 5.15 Å². The molecule has 0 saturated carbocycles. The molecule has 0 amide bonds. The summed E-state index contributed by atoms with van der Waals surface area (Å²) in [6, 6.07) is 7.92. The number of ether oxygens (including phenoxy) is 1. The van der Waals surface area contributed by atoms with Crippen LogP contribution < -0.4 is 4.74 Å². The molecule has 0 saturated heterocycles. The lowest BCUT2D eigenvalue weighted by Crippen LogP contribution is -1.98. The fraction of sp³-hybridized carbons (Fsp3) is 0.267. The molecule has 100 valence electrons. The Bertz CT molecular complexity index is 602. The lowest BCUT2D eigenvalue weighted by molar-refractivity contribution is 0.305. The van der Waals surface area contributed by atoms with Crippen LogP contribution in [0.25, 0.3) is 6.08 Å². The van der Waals surface area contributed by atoms with Crippen molar-refractivity contribution in [2.75, 3.05) is 0 Å². The predicted molar refractivity (Wildman–Crippen MR) is 78.4 cm³/mol. The maximum absolute atomic E-state index is 6.19. The SMILES string of the molecule is C/C=C/c1ccccc1OCc1c(C)nn(C)c1Cl. The summed E-state index contributed by atoms with van der Waals surface area (Å²) in [6.45, 7) is 4.34. The zero-order chi connectivity index (χ0) is 13.8. The van der Waals surface area contributed by atoms with Crippen LogP contribution in [-0.4, -0.2) is 9.78 Å². The monoisotopic (exact) mass is 276 g/mol. The van der Waals surface area contributed by atoms with E-state index in [1.807, 2.05) is 57.3 Å². The molecule has 0 atom stereocenters. The molecule has 2 aromatic rings. The molecule has 3 nitrogen and oxygen atoms in total. The lowest BCUT2D eigenvalue weighted by Gasteiger charge is -2.09. The number of aryl methyl sites for hydroxylation is 2. The van der Waals surface area contributed by atoms with E-state index in [9.17, 15) is 0 Å².